The Bertz CT molecular complexity index is 1270. The summed E-state index contributed by atoms with van der Waals surface area (Å²) in [5, 5.41) is 0. The molecule has 4 aromatic rings. The summed E-state index contributed by atoms with van der Waals surface area (Å²) >= 11 is 0. The lowest BCUT2D eigenvalue weighted by molar-refractivity contribution is 0.0989. The average molecular weight is 413 g/mol. The number of aryl methyl sites for hydroxylation is 1. The minimum Gasteiger partial charge on any atom is -0.397 e. The molecule has 4 N–H and O–H groups in total. The van der Waals surface area contributed by atoms with Crippen molar-refractivity contribution in [1.29, 1.82) is 0 Å². The van der Waals surface area contributed by atoms with Gasteiger partial charge in [-0.3, -0.25) is 9.78 Å². The molecular formula is C24H20FN5O. The Hall–Kier alpha value is -4.13. The number of ketones is 1. The quantitative estimate of drug-likeness (QED) is 0.474. The lowest BCUT2D eigenvalue weighted by atomic mass is 9.97. The minimum atomic E-state index is -0.418. The monoisotopic (exact) mass is 413 g/mol. The number of nitrogen functional groups attached to an aromatic ring is 2. The molecule has 0 spiro atoms. The maximum Gasteiger partial charge on any atom is 0.187 e. The van der Waals surface area contributed by atoms with Crippen LogP contribution in [0.25, 0.3) is 22.4 Å². The predicted octanol–water partition coefficient (Wildman–Crippen LogP) is 4.24. The van der Waals surface area contributed by atoms with Crippen molar-refractivity contribution in [2.24, 2.45) is 0 Å². The van der Waals surface area contributed by atoms with Crippen LogP contribution >= 0.6 is 0 Å². The van der Waals surface area contributed by atoms with Crippen molar-refractivity contribution in [2.45, 2.75) is 13.3 Å². The van der Waals surface area contributed by atoms with Gasteiger partial charge in [-0.2, -0.15) is 0 Å². The van der Waals surface area contributed by atoms with E-state index in [9.17, 15) is 9.18 Å². The lowest BCUT2D eigenvalue weighted by Crippen LogP contribution is -2.11. The third-order valence-corrected chi connectivity index (χ3v) is 4.88. The van der Waals surface area contributed by atoms with E-state index in [1.807, 2.05) is 19.1 Å². The van der Waals surface area contributed by atoms with Gasteiger partial charge in [0.05, 0.1) is 11.4 Å². The van der Waals surface area contributed by atoms with E-state index in [2.05, 4.69) is 15.0 Å². The molecule has 6 nitrogen and oxygen atoms in total. The maximum absolute atomic E-state index is 14.2. The van der Waals surface area contributed by atoms with Crippen molar-refractivity contribution < 1.29 is 9.18 Å². The molecule has 0 fully saturated rings. The van der Waals surface area contributed by atoms with Crippen LogP contribution in [-0.2, 0) is 6.42 Å². The number of rotatable bonds is 5. The third kappa shape index (κ3) is 4.25. The average Bonchev–Trinajstić information content (AvgIpc) is 2.74. The molecule has 31 heavy (non-hydrogen) atoms. The number of carbonyl (C=O) groups is 1. The van der Waals surface area contributed by atoms with E-state index in [0.29, 0.717) is 22.6 Å². The molecule has 0 aliphatic heterocycles. The van der Waals surface area contributed by atoms with Crippen LogP contribution in [0.4, 0.5) is 15.9 Å². The molecular weight excluding hydrogens is 393 g/mol. The number of nitrogens with zero attached hydrogens (tertiary/aromatic N) is 3. The summed E-state index contributed by atoms with van der Waals surface area (Å²) in [7, 11) is 0. The van der Waals surface area contributed by atoms with Gasteiger partial charge in [-0.1, -0.05) is 12.1 Å². The molecule has 4 rings (SSSR count). The van der Waals surface area contributed by atoms with Crippen LogP contribution in [0, 0.1) is 12.7 Å². The van der Waals surface area contributed by atoms with Crippen molar-refractivity contribution in [1.82, 2.24) is 15.0 Å². The number of Topliss-reactive ketones (excluding diaryl/α,β-unsaturated/α-hetero) is 1. The Morgan fingerprint density at radius 2 is 1.81 bits per heavy atom. The number of hydrogen-bond donors (Lipinski definition) is 2. The largest absolute Gasteiger partial charge is 0.397 e. The number of nitrogens with two attached hydrogens (primary N) is 2. The molecule has 0 unspecified atom stereocenters. The summed E-state index contributed by atoms with van der Waals surface area (Å²) in [6.07, 6.45) is 3.32. The summed E-state index contributed by atoms with van der Waals surface area (Å²) in [5.74, 6) is -0.311. The first-order valence-corrected chi connectivity index (χ1v) is 9.64. The Balaban J connectivity index is 1.70. The number of halogens is 1. The molecule has 1 aromatic carbocycles. The molecule has 0 saturated carbocycles. The molecule has 154 valence electrons. The molecule has 0 atom stereocenters. The standard InChI is InChI=1S/C24H20FN5O/c1-14-10-15(12-23(27)29-14)17-8-9-28-13-16(17)11-22(31)24-20(26)6-7-21(30-24)18-4-2-3-5-19(18)25/h2-10,12-13H,11,26H2,1H3,(H2,27,29). The lowest BCUT2D eigenvalue weighted by Gasteiger charge is -2.11. The second-order valence-corrected chi connectivity index (χ2v) is 7.17. The number of benzene rings is 1. The zero-order valence-corrected chi connectivity index (χ0v) is 16.8. The molecule has 0 aliphatic carbocycles. The van der Waals surface area contributed by atoms with Gasteiger partial charge >= 0.3 is 0 Å². The van der Waals surface area contributed by atoms with Crippen LogP contribution in [0.3, 0.4) is 0 Å². The first-order chi connectivity index (χ1) is 14.9. The Morgan fingerprint density at radius 1 is 1.00 bits per heavy atom. The zero-order chi connectivity index (χ0) is 22.0. The number of carbonyl (C=O) groups excluding carboxylic acids is 1. The molecule has 0 radical (unpaired) electrons. The van der Waals surface area contributed by atoms with E-state index in [1.165, 1.54) is 6.07 Å². The molecule has 0 bridgehead atoms. The highest BCUT2D eigenvalue weighted by molar-refractivity contribution is 6.01. The van der Waals surface area contributed by atoms with Gasteiger partial charge in [0.2, 0.25) is 0 Å². The van der Waals surface area contributed by atoms with Crippen molar-refractivity contribution in [3.05, 3.63) is 89.8 Å². The smallest absolute Gasteiger partial charge is 0.187 e. The van der Waals surface area contributed by atoms with Crippen molar-refractivity contribution in [3.8, 4) is 22.4 Å². The van der Waals surface area contributed by atoms with Crippen LogP contribution < -0.4 is 11.5 Å². The van der Waals surface area contributed by atoms with E-state index in [0.717, 1.165) is 16.8 Å². The van der Waals surface area contributed by atoms with E-state index in [1.54, 1.807) is 48.8 Å². The summed E-state index contributed by atoms with van der Waals surface area (Å²) in [4.78, 5) is 25.8. The van der Waals surface area contributed by atoms with Crippen LogP contribution in [-0.4, -0.2) is 20.7 Å². The van der Waals surface area contributed by atoms with Gasteiger partial charge in [-0.25, -0.2) is 14.4 Å². The molecule has 3 aromatic heterocycles. The van der Waals surface area contributed by atoms with E-state index in [-0.39, 0.29) is 23.6 Å². The molecule has 0 aliphatic rings. The second-order valence-electron chi connectivity index (χ2n) is 7.17. The Labute approximate surface area is 178 Å². The van der Waals surface area contributed by atoms with Gasteiger partial charge in [-0.05, 0) is 66.1 Å². The summed E-state index contributed by atoms with van der Waals surface area (Å²) in [6, 6.07) is 14.9. The highest BCUT2D eigenvalue weighted by Gasteiger charge is 2.18. The maximum atomic E-state index is 14.2. The van der Waals surface area contributed by atoms with E-state index in [4.69, 9.17) is 11.5 Å². The van der Waals surface area contributed by atoms with Gasteiger partial charge in [0.15, 0.2) is 5.78 Å². The zero-order valence-electron chi connectivity index (χ0n) is 16.8. The third-order valence-electron chi connectivity index (χ3n) is 4.88. The van der Waals surface area contributed by atoms with Crippen LogP contribution in [0.1, 0.15) is 21.7 Å². The number of anilines is 2. The fourth-order valence-corrected chi connectivity index (χ4v) is 3.47. The van der Waals surface area contributed by atoms with Crippen molar-refractivity contribution in [3.63, 3.8) is 0 Å². The second kappa shape index (κ2) is 8.31. The minimum absolute atomic E-state index is 0.0301. The summed E-state index contributed by atoms with van der Waals surface area (Å²) in [5.41, 5.74) is 16.1. The molecule has 0 amide bonds. The SMILES string of the molecule is Cc1cc(-c2ccncc2CC(=O)c2nc(-c3ccccc3F)ccc2N)cc(N)n1. The molecule has 7 heteroatoms. The van der Waals surface area contributed by atoms with E-state index < -0.39 is 5.82 Å². The number of pyridine rings is 3. The van der Waals surface area contributed by atoms with Crippen LogP contribution in [0.2, 0.25) is 0 Å². The highest BCUT2D eigenvalue weighted by Crippen LogP contribution is 2.27. The van der Waals surface area contributed by atoms with E-state index >= 15 is 0 Å². The van der Waals surface area contributed by atoms with Crippen LogP contribution in [0.5, 0.6) is 0 Å². The predicted molar refractivity (Wildman–Crippen MR) is 119 cm³/mol. The van der Waals surface area contributed by atoms with Gasteiger partial charge in [0, 0.05) is 30.1 Å². The van der Waals surface area contributed by atoms with Gasteiger partial charge in [-0.15, -0.1) is 0 Å². The summed E-state index contributed by atoms with van der Waals surface area (Å²) in [6.45, 7) is 1.85. The Kier molecular flexibility index (Phi) is 5.41. The number of aromatic nitrogens is 3. The Morgan fingerprint density at radius 3 is 2.58 bits per heavy atom. The normalized spacial score (nSPS) is 10.8. The van der Waals surface area contributed by atoms with Crippen molar-refractivity contribution in [2.75, 3.05) is 11.5 Å². The van der Waals surface area contributed by atoms with Gasteiger partial charge in [0.1, 0.15) is 17.3 Å². The highest BCUT2D eigenvalue weighted by atomic mass is 19.1. The number of hydrogen-bond acceptors (Lipinski definition) is 6. The van der Waals surface area contributed by atoms with Crippen molar-refractivity contribution >= 4 is 17.3 Å². The molecule has 3 heterocycles. The van der Waals surface area contributed by atoms with Crippen LogP contribution in [0.15, 0.2) is 67.0 Å². The fraction of sp³-hybridized carbons (Fsp3) is 0.0833. The molecule has 0 saturated heterocycles. The first kappa shape index (κ1) is 20.2. The van der Waals surface area contributed by atoms with Gasteiger partial charge < -0.3 is 11.5 Å². The topological polar surface area (TPSA) is 108 Å². The fourth-order valence-electron chi connectivity index (χ4n) is 3.47. The summed E-state index contributed by atoms with van der Waals surface area (Å²) < 4.78 is 14.2. The van der Waals surface area contributed by atoms with Gasteiger partial charge in [0.25, 0.3) is 0 Å². The first-order valence-electron chi connectivity index (χ1n) is 9.64.